The second kappa shape index (κ2) is 12.8. The van der Waals surface area contributed by atoms with Crippen molar-refractivity contribution in [1.82, 2.24) is 30.4 Å². The number of aromatic amines is 2. The van der Waals surface area contributed by atoms with Crippen molar-refractivity contribution in [2.75, 3.05) is 31.8 Å². The van der Waals surface area contributed by atoms with Crippen LogP contribution in [0.4, 0.5) is 0 Å². The zero-order valence-electron chi connectivity index (χ0n) is 19.9. The van der Waals surface area contributed by atoms with Crippen molar-refractivity contribution in [3.05, 3.63) is 42.5 Å². The van der Waals surface area contributed by atoms with Crippen molar-refractivity contribution in [3.8, 4) is 40.0 Å². The second-order valence-corrected chi connectivity index (χ2v) is 9.30. The molecule has 0 aliphatic heterocycles. The molecule has 38 heavy (non-hydrogen) atoms. The predicted molar refractivity (Wildman–Crippen MR) is 138 cm³/mol. The van der Waals surface area contributed by atoms with Crippen molar-refractivity contribution < 1.29 is 34.0 Å². The molecule has 0 bridgehead atoms. The number of benzene rings is 2. The second-order valence-electron chi connectivity index (χ2n) is 7.42. The number of nitrogens with one attached hydrogen (secondary N) is 2. The minimum Gasteiger partial charge on any atom is -0.497 e. The molecule has 0 spiro atoms. The fourth-order valence-corrected chi connectivity index (χ4v) is 4.13. The number of rotatable bonds is 14. The van der Waals surface area contributed by atoms with Crippen LogP contribution in [0.25, 0.3) is 22.8 Å². The molecule has 0 fully saturated rings. The molecule has 0 aliphatic rings. The Morgan fingerprint density at radius 1 is 0.789 bits per heavy atom. The molecule has 2 aromatic carbocycles. The monoisotopic (exact) mass is 558 g/mol. The summed E-state index contributed by atoms with van der Waals surface area (Å²) in [5.41, 5.74) is 1.40. The molecular formula is C23H22N6O7S2. The first-order chi connectivity index (χ1) is 18.4. The van der Waals surface area contributed by atoms with E-state index < -0.39 is 11.9 Å². The number of thioether (sulfide) groups is 2. The number of ether oxygens (including phenoxy) is 3. The summed E-state index contributed by atoms with van der Waals surface area (Å²) in [4.78, 5) is 30.1. The Bertz CT molecular complexity index is 1410. The molecule has 0 aliphatic carbocycles. The number of hydrogen-bond donors (Lipinski definition) is 4. The van der Waals surface area contributed by atoms with Gasteiger partial charge in [-0.05, 0) is 24.3 Å². The third kappa shape index (κ3) is 7.63. The Morgan fingerprint density at radius 3 is 1.95 bits per heavy atom. The normalized spacial score (nSPS) is 10.8. The van der Waals surface area contributed by atoms with Crippen molar-refractivity contribution in [1.29, 1.82) is 0 Å². The van der Waals surface area contributed by atoms with Gasteiger partial charge in [-0.15, -0.1) is 10.2 Å². The third-order valence-electron chi connectivity index (χ3n) is 4.70. The number of carboxylic acid groups (broad SMARTS) is 2. The van der Waals surface area contributed by atoms with Gasteiger partial charge in [0, 0.05) is 17.2 Å². The lowest BCUT2D eigenvalue weighted by atomic mass is 10.2. The van der Waals surface area contributed by atoms with E-state index in [9.17, 15) is 9.59 Å². The van der Waals surface area contributed by atoms with Crippen LogP contribution in [0.1, 0.15) is 0 Å². The van der Waals surface area contributed by atoms with Crippen molar-refractivity contribution in [3.63, 3.8) is 0 Å². The zero-order chi connectivity index (χ0) is 26.9. The molecule has 4 rings (SSSR count). The van der Waals surface area contributed by atoms with Gasteiger partial charge >= 0.3 is 11.9 Å². The topological polar surface area (TPSA) is 185 Å². The Kier molecular flexibility index (Phi) is 9.05. The number of hydrogen-bond acceptors (Lipinski definition) is 11. The highest BCUT2D eigenvalue weighted by atomic mass is 32.2. The molecular weight excluding hydrogens is 536 g/mol. The molecule has 4 N–H and O–H groups in total. The van der Waals surface area contributed by atoms with E-state index in [1.807, 2.05) is 12.1 Å². The van der Waals surface area contributed by atoms with Crippen LogP contribution in [0.15, 0.2) is 52.8 Å². The van der Waals surface area contributed by atoms with Crippen molar-refractivity contribution >= 4 is 35.5 Å². The van der Waals surface area contributed by atoms with E-state index in [2.05, 4.69) is 30.4 Å². The molecule has 198 valence electrons. The van der Waals surface area contributed by atoms with E-state index in [1.165, 1.54) is 7.11 Å². The first-order valence-corrected chi connectivity index (χ1v) is 13.0. The number of methoxy groups -OCH3 is 1. The van der Waals surface area contributed by atoms with Crippen molar-refractivity contribution in [2.45, 2.75) is 10.3 Å². The standard InChI is InChI=1S/C23H22N6O7S2/c1-34-16-8-14(21-25-23(29-27-21)38-12-19(32)33)9-17(10-16)36-6-5-35-15-4-2-3-13(7-15)20-24-22(28-26-20)37-11-18(30)31/h2-4,7-10H,5-6,11-12H2,1H3,(H,30,31)(H,32,33)(H,24,26,28)(H,25,27,29). The van der Waals surface area contributed by atoms with Crippen LogP contribution in [0.3, 0.4) is 0 Å². The molecule has 0 radical (unpaired) electrons. The number of aliphatic carboxylic acids is 2. The maximum absolute atomic E-state index is 10.8. The van der Waals surface area contributed by atoms with E-state index in [4.69, 9.17) is 24.4 Å². The average Bonchev–Trinajstić information content (AvgIpc) is 3.59. The summed E-state index contributed by atoms with van der Waals surface area (Å²) in [6, 6.07) is 12.5. The van der Waals surface area contributed by atoms with E-state index in [0.717, 1.165) is 29.1 Å². The first kappa shape index (κ1) is 26.8. The van der Waals surface area contributed by atoms with Crippen LogP contribution in [0.5, 0.6) is 17.2 Å². The molecule has 0 amide bonds. The maximum atomic E-state index is 10.8. The minimum atomic E-state index is -0.952. The smallest absolute Gasteiger partial charge is 0.313 e. The fraction of sp³-hybridized carbons (Fsp3) is 0.217. The van der Waals surface area contributed by atoms with Gasteiger partial charge in [0.2, 0.25) is 10.3 Å². The van der Waals surface area contributed by atoms with Crippen LogP contribution in [-0.2, 0) is 9.59 Å². The summed E-state index contributed by atoms with van der Waals surface area (Å²) in [6.45, 7) is 0.496. The number of carbonyl (C=O) groups is 2. The van der Waals surface area contributed by atoms with Crippen LogP contribution in [0, 0.1) is 0 Å². The van der Waals surface area contributed by atoms with Gasteiger partial charge in [-0.1, -0.05) is 35.7 Å². The first-order valence-electron chi connectivity index (χ1n) is 11.0. The third-order valence-corrected chi connectivity index (χ3v) is 6.36. The van der Waals surface area contributed by atoms with Crippen molar-refractivity contribution in [2.24, 2.45) is 0 Å². The Morgan fingerprint density at radius 2 is 1.34 bits per heavy atom. The van der Waals surface area contributed by atoms with Gasteiger partial charge in [-0.25, -0.2) is 9.97 Å². The van der Waals surface area contributed by atoms with Gasteiger partial charge in [0.15, 0.2) is 11.6 Å². The summed E-state index contributed by atoms with van der Waals surface area (Å²) < 4.78 is 17.0. The number of H-pyrrole nitrogens is 2. The van der Waals surface area contributed by atoms with Crippen LogP contribution in [-0.4, -0.2) is 84.3 Å². The summed E-state index contributed by atoms with van der Waals surface area (Å²) in [6.07, 6.45) is 0. The highest BCUT2D eigenvalue weighted by Crippen LogP contribution is 2.29. The van der Waals surface area contributed by atoms with Crippen LogP contribution in [0.2, 0.25) is 0 Å². The average molecular weight is 559 g/mol. The summed E-state index contributed by atoms with van der Waals surface area (Å²) in [7, 11) is 1.54. The minimum absolute atomic E-state index is 0.124. The molecule has 15 heteroatoms. The molecule has 2 aromatic heterocycles. The van der Waals surface area contributed by atoms with Gasteiger partial charge in [-0.3, -0.25) is 19.8 Å². The molecule has 0 atom stereocenters. The summed E-state index contributed by atoms with van der Waals surface area (Å²) in [5, 5.41) is 31.9. The zero-order valence-corrected chi connectivity index (χ0v) is 21.5. The number of aromatic nitrogens is 6. The Labute approximate surface area is 224 Å². The number of nitrogens with zero attached hydrogens (tertiary/aromatic N) is 4. The maximum Gasteiger partial charge on any atom is 0.313 e. The van der Waals surface area contributed by atoms with Gasteiger partial charge in [-0.2, -0.15) is 0 Å². The summed E-state index contributed by atoms with van der Waals surface area (Å²) in [5.74, 6) is 0.470. The molecule has 0 saturated carbocycles. The van der Waals surface area contributed by atoms with Crippen LogP contribution >= 0.6 is 23.5 Å². The van der Waals surface area contributed by atoms with E-state index in [0.29, 0.717) is 44.8 Å². The Balaban J connectivity index is 1.34. The van der Waals surface area contributed by atoms with Gasteiger partial charge in [0.1, 0.15) is 30.5 Å². The lowest BCUT2D eigenvalue weighted by molar-refractivity contribution is -0.134. The largest absolute Gasteiger partial charge is 0.497 e. The molecule has 4 aromatic rings. The fourth-order valence-electron chi connectivity index (χ4n) is 3.09. The molecule has 2 heterocycles. The van der Waals surface area contributed by atoms with E-state index in [1.54, 1.807) is 30.3 Å². The lowest BCUT2D eigenvalue weighted by Crippen LogP contribution is -2.09. The Hall–Kier alpha value is -4.24. The van der Waals surface area contributed by atoms with E-state index >= 15 is 0 Å². The highest BCUT2D eigenvalue weighted by Gasteiger charge is 2.12. The number of carboxylic acids is 2. The molecule has 0 unspecified atom stereocenters. The predicted octanol–water partition coefficient (Wildman–Crippen LogP) is 3.08. The lowest BCUT2D eigenvalue weighted by Gasteiger charge is -2.11. The van der Waals surface area contributed by atoms with Gasteiger partial charge < -0.3 is 24.4 Å². The SMILES string of the molecule is COc1cc(OCCOc2cccc(-c3nc(SCC(=O)O)n[nH]3)c2)cc(-c2nc(SCC(=O)O)n[nH]2)c1. The summed E-state index contributed by atoms with van der Waals surface area (Å²) >= 11 is 2.04. The quantitative estimate of drug-likeness (QED) is 0.131. The molecule has 13 nitrogen and oxygen atoms in total. The molecule has 0 saturated heterocycles. The van der Waals surface area contributed by atoms with E-state index in [-0.39, 0.29) is 24.7 Å². The highest BCUT2D eigenvalue weighted by molar-refractivity contribution is 8.00. The van der Waals surface area contributed by atoms with Gasteiger partial charge in [0.25, 0.3) is 0 Å². The van der Waals surface area contributed by atoms with Crippen LogP contribution < -0.4 is 14.2 Å². The van der Waals surface area contributed by atoms with Gasteiger partial charge in [0.05, 0.1) is 18.6 Å².